The van der Waals surface area contributed by atoms with Crippen molar-refractivity contribution in [2.75, 3.05) is 25.6 Å². The molecule has 0 saturated carbocycles. The lowest BCUT2D eigenvalue weighted by molar-refractivity contribution is -0.149. The number of anilines is 1. The van der Waals surface area contributed by atoms with Crippen LogP contribution >= 0.6 is 0 Å². The van der Waals surface area contributed by atoms with Gasteiger partial charge < -0.3 is 19.5 Å². The van der Waals surface area contributed by atoms with Gasteiger partial charge in [0.15, 0.2) is 13.2 Å². The fourth-order valence-corrected chi connectivity index (χ4v) is 2.58. The van der Waals surface area contributed by atoms with E-state index in [1.807, 2.05) is 42.5 Å². The molecule has 3 aromatic carbocycles. The van der Waals surface area contributed by atoms with E-state index in [4.69, 9.17) is 14.2 Å². The van der Waals surface area contributed by atoms with Crippen molar-refractivity contribution >= 4 is 17.6 Å². The van der Waals surface area contributed by atoms with Gasteiger partial charge in [-0.2, -0.15) is 0 Å². The minimum absolute atomic E-state index is 0.286. The predicted octanol–water partition coefficient (Wildman–Crippen LogP) is 3.92. The van der Waals surface area contributed by atoms with E-state index in [1.165, 1.54) is 0 Å². The van der Waals surface area contributed by atoms with Gasteiger partial charge in [-0.3, -0.25) is 4.79 Å². The number of carbonyl (C=O) groups is 2. The number of esters is 1. The summed E-state index contributed by atoms with van der Waals surface area (Å²) in [5.74, 6) is 0.143. The Hall–Kier alpha value is -3.80. The third-order valence-electron chi connectivity index (χ3n) is 4.06. The first kappa shape index (κ1) is 19.9. The van der Waals surface area contributed by atoms with Crippen molar-refractivity contribution < 1.29 is 23.8 Å². The molecule has 3 rings (SSSR count). The summed E-state index contributed by atoms with van der Waals surface area (Å²) in [6.07, 6.45) is 0. The second kappa shape index (κ2) is 9.94. The van der Waals surface area contributed by atoms with Crippen LogP contribution in [0.25, 0.3) is 11.1 Å². The Bertz CT molecular complexity index is 937. The van der Waals surface area contributed by atoms with Crippen LogP contribution in [0.5, 0.6) is 11.5 Å². The molecule has 0 bridgehead atoms. The fourth-order valence-electron chi connectivity index (χ4n) is 2.58. The van der Waals surface area contributed by atoms with Gasteiger partial charge in [0.25, 0.3) is 5.91 Å². The summed E-state index contributed by atoms with van der Waals surface area (Å²) in [4.78, 5) is 23.7. The number of rotatable bonds is 8. The van der Waals surface area contributed by atoms with Crippen molar-refractivity contribution in [3.05, 3.63) is 78.9 Å². The molecule has 0 saturated heterocycles. The molecule has 0 unspecified atom stereocenters. The van der Waals surface area contributed by atoms with Crippen LogP contribution in [-0.4, -0.2) is 32.2 Å². The Morgan fingerprint density at radius 1 is 0.759 bits per heavy atom. The zero-order valence-corrected chi connectivity index (χ0v) is 16.0. The molecule has 29 heavy (non-hydrogen) atoms. The first-order valence-corrected chi connectivity index (χ1v) is 9.02. The van der Waals surface area contributed by atoms with Crippen LogP contribution in [0.4, 0.5) is 5.69 Å². The zero-order valence-electron chi connectivity index (χ0n) is 16.0. The molecule has 0 aliphatic rings. The standard InChI is InChI=1S/C23H21NO5/c1-27-20-11-13-21(14-12-20)28-16-23(26)29-15-22(25)24-19-9-7-18(8-10-19)17-5-3-2-4-6-17/h2-14H,15-16H2,1H3,(H,24,25). The lowest BCUT2D eigenvalue weighted by Gasteiger charge is -2.09. The molecular weight excluding hydrogens is 370 g/mol. The number of ether oxygens (including phenoxy) is 3. The van der Waals surface area contributed by atoms with Gasteiger partial charge in [-0.15, -0.1) is 0 Å². The number of benzene rings is 3. The Morgan fingerprint density at radius 3 is 2.03 bits per heavy atom. The number of amides is 1. The zero-order chi connectivity index (χ0) is 20.5. The van der Waals surface area contributed by atoms with E-state index in [2.05, 4.69) is 5.32 Å². The number of methoxy groups -OCH3 is 1. The molecular formula is C23H21NO5. The molecule has 1 amide bonds. The van der Waals surface area contributed by atoms with E-state index in [1.54, 1.807) is 43.5 Å². The number of carbonyl (C=O) groups excluding carboxylic acids is 2. The summed E-state index contributed by atoms with van der Waals surface area (Å²) in [7, 11) is 1.57. The molecule has 6 nitrogen and oxygen atoms in total. The smallest absolute Gasteiger partial charge is 0.344 e. The number of nitrogens with one attached hydrogen (secondary N) is 1. The molecule has 0 atom stereocenters. The Morgan fingerprint density at radius 2 is 1.38 bits per heavy atom. The van der Waals surface area contributed by atoms with Crippen molar-refractivity contribution in [2.45, 2.75) is 0 Å². The van der Waals surface area contributed by atoms with Gasteiger partial charge in [0.05, 0.1) is 7.11 Å². The summed E-state index contributed by atoms with van der Waals surface area (Å²) in [5.41, 5.74) is 2.77. The minimum Gasteiger partial charge on any atom is -0.497 e. The van der Waals surface area contributed by atoms with Gasteiger partial charge in [-0.25, -0.2) is 4.79 Å². The molecule has 0 spiro atoms. The Kier molecular flexibility index (Phi) is 6.84. The van der Waals surface area contributed by atoms with Gasteiger partial charge in [-0.1, -0.05) is 42.5 Å². The highest BCUT2D eigenvalue weighted by Gasteiger charge is 2.09. The average molecular weight is 391 g/mol. The normalized spacial score (nSPS) is 10.1. The van der Waals surface area contributed by atoms with Crippen molar-refractivity contribution in [3.63, 3.8) is 0 Å². The summed E-state index contributed by atoms with van der Waals surface area (Å²) in [6.45, 7) is -0.670. The van der Waals surface area contributed by atoms with E-state index in [-0.39, 0.29) is 13.2 Å². The van der Waals surface area contributed by atoms with E-state index < -0.39 is 11.9 Å². The molecule has 0 aromatic heterocycles. The highest BCUT2D eigenvalue weighted by molar-refractivity contribution is 5.93. The van der Waals surface area contributed by atoms with Gasteiger partial charge in [0.2, 0.25) is 0 Å². The maximum absolute atomic E-state index is 12.0. The molecule has 0 fully saturated rings. The summed E-state index contributed by atoms with van der Waals surface area (Å²) >= 11 is 0. The van der Waals surface area contributed by atoms with Crippen LogP contribution in [0.2, 0.25) is 0 Å². The van der Waals surface area contributed by atoms with Crippen LogP contribution in [0.15, 0.2) is 78.9 Å². The van der Waals surface area contributed by atoms with Crippen LogP contribution < -0.4 is 14.8 Å². The Labute approximate surface area is 169 Å². The summed E-state index contributed by atoms with van der Waals surface area (Å²) in [6, 6.07) is 24.2. The van der Waals surface area contributed by atoms with Crippen LogP contribution in [-0.2, 0) is 14.3 Å². The molecule has 3 aromatic rings. The van der Waals surface area contributed by atoms with E-state index >= 15 is 0 Å². The lowest BCUT2D eigenvalue weighted by Crippen LogP contribution is -2.23. The minimum atomic E-state index is -0.629. The number of hydrogen-bond acceptors (Lipinski definition) is 5. The molecule has 0 aliphatic heterocycles. The van der Waals surface area contributed by atoms with E-state index in [0.29, 0.717) is 17.2 Å². The van der Waals surface area contributed by atoms with Crippen molar-refractivity contribution in [3.8, 4) is 22.6 Å². The highest BCUT2D eigenvalue weighted by atomic mass is 16.6. The van der Waals surface area contributed by atoms with E-state index in [0.717, 1.165) is 11.1 Å². The predicted molar refractivity (Wildman–Crippen MR) is 110 cm³/mol. The van der Waals surface area contributed by atoms with Gasteiger partial charge in [0.1, 0.15) is 11.5 Å². The Balaban J connectivity index is 1.41. The second-order valence-corrected chi connectivity index (χ2v) is 6.12. The van der Waals surface area contributed by atoms with Crippen LogP contribution in [0.1, 0.15) is 0 Å². The molecule has 148 valence electrons. The van der Waals surface area contributed by atoms with Crippen LogP contribution in [0.3, 0.4) is 0 Å². The quantitative estimate of drug-likeness (QED) is 0.589. The van der Waals surface area contributed by atoms with Gasteiger partial charge in [-0.05, 0) is 47.5 Å². The first-order chi connectivity index (χ1) is 14.1. The van der Waals surface area contributed by atoms with Crippen molar-refractivity contribution in [2.24, 2.45) is 0 Å². The molecule has 0 radical (unpaired) electrons. The van der Waals surface area contributed by atoms with Crippen LogP contribution in [0, 0.1) is 0 Å². The van der Waals surface area contributed by atoms with Crippen molar-refractivity contribution in [1.82, 2.24) is 0 Å². The highest BCUT2D eigenvalue weighted by Crippen LogP contribution is 2.21. The largest absolute Gasteiger partial charge is 0.497 e. The SMILES string of the molecule is COc1ccc(OCC(=O)OCC(=O)Nc2ccc(-c3ccccc3)cc2)cc1. The third kappa shape index (κ3) is 6.10. The summed E-state index contributed by atoms with van der Waals surface area (Å²) < 4.78 is 15.3. The topological polar surface area (TPSA) is 73.9 Å². The van der Waals surface area contributed by atoms with Crippen molar-refractivity contribution in [1.29, 1.82) is 0 Å². The van der Waals surface area contributed by atoms with Gasteiger partial charge in [0, 0.05) is 5.69 Å². The molecule has 1 N–H and O–H groups in total. The molecule has 0 heterocycles. The third-order valence-corrected chi connectivity index (χ3v) is 4.06. The average Bonchev–Trinajstić information content (AvgIpc) is 2.78. The first-order valence-electron chi connectivity index (χ1n) is 9.02. The lowest BCUT2D eigenvalue weighted by atomic mass is 10.1. The second-order valence-electron chi connectivity index (χ2n) is 6.12. The molecule has 6 heteroatoms. The summed E-state index contributed by atoms with van der Waals surface area (Å²) in [5, 5.41) is 2.69. The van der Waals surface area contributed by atoms with Gasteiger partial charge >= 0.3 is 5.97 Å². The fraction of sp³-hybridized carbons (Fsp3) is 0.130. The molecule has 0 aliphatic carbocycles. The number of hydrogen-bond donors (Lipinski definition) is 1. The maximum atomic E-state index is 12.0. The maximum Gasteiger partial charge on any atom is 0.344 e. The van der Waals surface area contributed by atoms with E-state index in [9.17, 15) is 9.59 Å². The monoisotopic (exact) mass is 391 g/mol.